The lowest BCUT2D eigenvalue weighted by Gasteiger charge is -2.39. The van der Waals surface area contributed by atoms with Gasteiger partial charge in [0.1, 0.15) is 17.5 Å². The van der Waals surface area contributed by atoms with Crippen molar-refractivity contribution in [1.29, 1.82) is 0 Å². The van der Waals surface area contributed by atoms with Crippen molar-refractivity contribution in [1.82, 2.24) is 15.0 Å². The molecule has 1 atom stereocenters. The van der Waals surface area contributed by atoms with Crippen LogP contribution in [0, 0.1) is 0 Å². The molecule has 5 nitrogen and oxygen atoms in total. The molecule has 28 heavy (non-hydrogen) atoms. The third-order valence-electron chi connectivity index (χ3n) is 5.36. The Morgan fingerprint density at radius 2 is 2.00 bits per heavy atom. The average Bonchev–Trinajstić information content (AvgIpc) is 3.52. The van der Waals surface area contributed by atoms with E-state index in [4.69, 9.17) is 16.6 Å². The van der Waals surface area contributed by atoms with Gasteiger partial charge in [-0.15, -0.1) is 0 Å². The molecule has 0 spiro atoms. The number of hydrogen-bond acceptors (Lipinski definition) is 5. The Morgan fingerprint density at radius 3 is 2.68 bits per heavy atom. The van der Waals surface area contributed by atoms with Crippen molar-refractivity contribution in [2.75, 3.05) is 29.9 Å². The van der Waals surface area contributed by atoms with E-state index in [9.17, 15) is 13.2 Å². The first kappa shape index (κ1) is 19.2. The number of rotatable bonds is 4. The molecular weight excluding hydrogens is 391 g/mol. The van der Waals surface area contributed by atoms with Crippen LogP contribution < -0.4 is 9.80 Å². The third kappa shape index (κ3) is 4.01. The average molecular weight is 412 g/mol. The molecule has 150 valence electrons. The van der Waals surface area contributed by atoms with Gasteiger partial charge in [-0.25, -0.2) is 15.0 Å². The molecule has 0 amide bonds. The second-order valence-electron chi connectivity index (χ2n) is 7.43. The lowest BCUT2D eigenvalue weighted by Crippen LogP contribution is -2.47. The Hall–Kier alpha value is -2.09. The largest absolute Gasteiger partial charge is 0.417 e. The van der Waals surface area contributed by atoms with Crippen LogP contribution >= 0.6 is 11.6 Å². The Balaban J connectivity index is 1.50. The van der Waals surface area contributed by atoms with E-state index >= 15 is 0 Å². The summed E-state index contributed by atoms with van der Waals surface area (Å²) in [6, 6.07) is 3.01. The fourth-order valence-electron chi connectivity index (χ4n) is 3.57. The SMILES string of the molecule is CN(c1ccnc(C2CC2)n1)C1CCCN(c2ncc(C(F)(F)F)cc2Cl)C1. The minimum absolute atomic E-state index is 0.0242. The zero-order chi connectivity index (χ0) is 19.9. The molecule has 3 heterocycles. The highest BCUT2D eigenvalue weighted by atomic mass is 35.5. The first-order valence-electron chi connectivity index (χ1n) is 9.36. The van der Waals surface area contributed by atoms with Gasteiger partial charge in [0.25, 0.3) is 0 Å². The number of alkyl halides is 3. The van der Waals surface area contributed by atoms with Crippen molar-refractivity contribution in [3.63, 3.8) is 0 Å². The second kappa shape index (κ2) is 7.39. The minimum atomic E-state index is -4.45. The first-order chi connectivity index (χ1) is 13.3. The summed E-state index contributed by atoms with van der Waals surface area (Å²) in [5.41, 5.74) is -0.833. The summed E-state index contributed by atoms with van der Waals surface area (Å²) in [5, 5.41) is 0.0242. The van der Waals surface area contributed by atoms with Crippen LogP contribution in [0.3, 0.4) is 0 Å². The number of aromatic nitrogens is 3. The molecule has 0 aromatic carbocycles. The summed E-state index contributed by atoms with van der Waals surface area (Å²) in [7, 11) is 2.00. The topological polar surface area (TPSA) is 45.2 Å². The van der Waals surface area contributed by atoms with Gasteiger partial charge in [0.05, 0.1) is 10.6 Å². The fraction of sp³-hybridized carbons (Fsp3) is 0.526. The van der Waals surface area contributed by atoms with E-state index in [0.29, 0.717) is 24.8 Å². The lowest BCUT2D eigenvalue weighted by molar-refractivity contribution is -0.137. The molecule has 0 N–H and O–H groups in total. The molecule has 0 bridgehead atoms. The van der Waals surface area contributed by atoms with Crippen LogP contribution in [-0.4, -0.2) is 41.1 Å². The predicted octanol–water partition coefficient (Wildman–Crippen LogP) is 4.53. The standard InChI is InChI=1S/C19H21ClF3N5/c1-27(16-6-7-24-17(26-16)12-4-5-12)14-3-2-8-28(11-14)18-15(20)9-13(10-25-18)19(21,22)23/h6-7,9-10,12,14H,2-5,8,11H2,1H3. The number of likely N-dealkylation sites (N-methyl/N-ethyl adjacent to an activating group) is 1. The molecule has 2 aromatic rings. The van der Waals surface area contributed by atoms with Crippen LogP contribution in [0.1, 0.15) is 43.0 Å². The van der Waals surface area contributed by atoms with Gasteiger partial charge < -0.3 is 9.80 Å². The van der Waals surface area contributed by atoms with E-state index in [0.717, 1.165) is 49.6 Å². The zero-order valence-corrected chi connectivity index (χ0v) is 16.2. The molecule has 4 rings (SSSR count). The van der Waals surface area contributed by atoms with Crippen LogP contribution in [-0.2, 0) is 6.18 Å². The van der Waals surface area contributed by atoms with Crippen molar-refractivity contribution in [3.05, 3.63) is 40.9 Å². The van der Waals surface area contributed by atoms with E-state index in [1.807, 2.05) is 18.0 Å². The van der Waals surface area contributed by atoms with Crippen LogP contribution in [0.5, 0.6) is 0 Å². The number of hydrogen-bond donors (Lipinski definition) is 0. The Bertz CT molecular complexity index is 856. The molecule has 2 aliphatic rings. The number of anilines is 2. The minimum Gasteiger partial charge on any atom is -0.355 e. The van der Waals surface area contributed by atoms with Crippen molar-refractivity contribution >= 4 is 23.2 Å². The van der Waals surface area contributed by atoms with Crippen LogP contribution in [0.25, 0.3) is 0 Å². The number of pyridine rings is 1. The molecule has 1 aliphatic carbocycles. The molecule has 1 saturated carbocycles. The van der Waals surface area contributed by atoms with Crippen LogP contribution in [0.15, 0.2) is 24.5 Å². The van der Waals surface area contributed by atoms with Gasteiger partial charge in [0.2, 0.25) is 0 Å². The summed E-state index contributed by atoms with van der Waals surface area (Å²) in [5.74, 6) is 2.64. The quantitative estimate of drug-likeness (QED) is 0.739. The summed E-state index contributed by atoms with van der Waals surface area (Å²) in [4.78, 5) is 17.1. The third-order valence-corrected chi connectivity index (χ3v) is 5.63. The zero-order valence-electron chi connectivity index (χ0n) is 15.5. The Labute approximate surface area is 166 Å². The highest BCUT2D eigenvalue weighted by Crippen LogP contribution is 2.38. The molecule has 1 unspecified atom stereocenters. The number of halogens is 4. The lowest BCUT2D eigenvalue weighted by atomic mass is 10.0. The monoisotopic (exact) mass is 411 g/mol. The molecule has 9 heteroatoms. The van der Waals surface area contributed by atoms with E-state index in [-0.39, 0.29) is 11.1 Å². The van der Waals surface area contributed by atoms with Crippen molar-refractivity contribution in [2.24, 2.45) is 0 Å². The van der Waals surface area contributed by atoms with Crippen molar-refractivity contribution in [2.45, 2.75) is 43.8 Å². The fourth-order valence-corrected chi connectivity index (χ4v) is 3.85. The molecule has 2 aromatic heterocycles. The molecule has 1 saturated heterocycles. The van der Waals surface area contributed by atoms with E-state index in [2.05, 4.69) is 14.9 Å². The molecular formula is C19H21ClF3N5. The summed E-state index contributed by atoms with van der Waals surface area (Å²) in [6.07, 6.45) is 2.34. The van der Waals surface area contributed by atoms with Gasteiger partial charge in [0, 0.05) is 44.5 Å². The maximum absolute atomic E-state index is 12.9. The van der Waals surface area contributed by atoms with Gasteiger partial charge >= 0.3 is 6.18 Å². The Morgan fingerprint density at radius 1 is 1.21 bits per heavy atom. The van der Waals surface area contributed by atoms with Gasteiger partial charge in [-0.3, -0.25) is 0 Å². The van der Waals surface area contributed by atoms with Gasteiger partial charge in [0.15, 0.2) is 0 Å². The number of piperidine rings is 1. The van der Waals surface area contributed by atoms with Crippen LogP contribution in [0.2, 0.25) is 5.02 Å². The molecule has 1 aliphatic heterocycles. The predicted molar refractivity (Wildman–Crippen MR) is 102 cm³/mol. The van der Waals surface area contributed by atoms with Crippen LogP contribution in [0.4, 0.5) is 24.8 Å². The molecule has 2 fully saturated rings. The maximum atomic E-state index is 12.9. The van der Waals surface area contributed by atoms with Gasteiger partial charge in [-0.05, 0) is 37.8 Å². The smallest absolute Gasteiger partial charge is 0.355 e. The van der Waals surface area contributed by atoms with E-state index < -0.39 is 11.7 Å². The Kier molecular flexibility index (Phi) is 5.07. The van der Waals surface area contributed by atoms with Crippen molar-refractivity contribution in [3.8, 4) is 0 Å². The number of nitrogens with zero attached hydrogens (tertiary/aromatic N) is 5. The highest BCUT2D eigenvalue weighted by molar-refractivity contribution is 6.33. The second-order valence-corrected chi connectivity index (χ2v) is 7.83. The molecule has 0 radical (unpaired) electrons. The van der Waals surface area contributed by atoms with Gasteiger partial charge in [-0.1, -0.05) is 11.6 Å². The van der Waals surface area contributed by atoms with Crippen molar-refractivity contribution < 1.29 is 13.2 Å². The maximum Gasteiger partial charge on any atom is 0.417 e. The summed E-state index contributed by atoms with van der Waals surface area (Å²) >= 11 is 6.14. The summed E-state index contributed by atoms with van der Waals surface area (Å²) < 4.78 is 38.6. The summed E-state index contributed by atoms with van der Waals surface area (Å²) in [6.45, 7) is 1.33. The van der Waals surface area contributed by atoms with E-state index in [1.165, 1.54) is 0 Å². The first-order valence-corrected chi connectivity index (χ1v) is 9.74. The van der Waals surface area contributed by atoms with Gasteiger partial charge in [-0.2, -0.15) is 13.2 Å². The normalized spacial score (nSPS) is 20.3. The van der Waals surface area contributed by atoms with E-state index in [1.54, 1.807) is 6.20 Å². The highest BCUT2D eigenvalue weighted by Gasteiger charge is 2.33.